The minimum atomic E-state index is 0.357. The van der Waals surface area contributed by atoms with E-state index in [0.717, 1.165) is 52.0 Å². The van der Waals surface area contributed by atoms with Gasteiger partial charge in [0.2, 0.25) is 0 Å². The van der Waals surface area contributed by atoms with E-state index in [-0.39, 0.29) is 0 Å². The van der Waals surface area contributed by atoms with Gasteiger partial charge in [-0.25, -0.2) is 0 Å². The summed E-state index contributed by atoms with van der Waals surface area (Å²) in [5.74, 6) is 1.28. The van der Waals surface area contributed by atoms with Crippen LogP contribution in [0.3, 0.4) is 0 Å². The van der Waals surface area contributed by atoms with E-state index in [0.29, 0.717) is 23.7 Å². The second-order valence-electron chi connectivity index (χ2n) is 5.52. The largest absolute Gasteiger partial charge is 0.381 e. The van der Waals surface area contributed by atoms with Crippen LogP contribution in [0.15, 0.2) is 0 Å². The van der Waals surface area contributed by atoms with E-state index in [1.165, 1.54) is 6.42 Å². The van der Waals surface area contributed by atoms with E-state index < -0.39 is 0 Å². The maximum atomic E-state index is 12.0. The molecule has 1 saturated carbocycles. The summed E-state index contributed by atoms with van der Waals surface area (Å²) in [6.07, 6.45) is 5.86. The van der Waals surface area contributed by atoms with Gasteiger partial charge in [0.05, 0.1) is 0 Å². The Hall–Kier alpha value is -0.410. The van der Waals surface area contributed by atoms with E-state index in [9.17, 15) is 4.79 Å². The van der Waals surface area contributed by atoms with Crippen molar-refractivity contribution < 1.29 is 9.53 Å². The SMILES string of the molecule is O=C1C2CCCC1CN(C1CCOCC1)C2. The van der Waals surface area contributed by atoms with Crippen molar-refractivity contribution in [3.8, 4) is 0 Å². The highest BCUT2D eigenvalue weighted by Crippen LogP contribution is 2.33. The number of rotatable bonds is 1. The quantitative estimate of drug-likeness (QED) is 0.674. The fourth-order valence-electron chi connectivity index (χ4n) is 3.58. The Morgan fingerprint density at radius 1 is 1.00 bits per heavy atom. The van der Waals surface area contributed by atoms with Crippen LogP contribution < -0.4 is 0 Å². The standard InChI is InChI=1S/C13H21NO2/c15-13-10-2-1-3-11(13)9-14(8-10)12-4-6-16-7-5-12/h10-12H,1-9H2. The number of hydrogen-bond donors (Lipinski definition) is 0. The Labute approximate surface area is 97.1 Å². The Morgan fingerprint density at radius 2 is 1.62 bits per heavy atom. The van der Waals surface area contributed by atoms with Crippen LogP contribution >= 0.6 is 0 Å². The van der Waals surface area contributed by atoms with Gasteiger partial charge in [0.1, 0.15) is 5.78 Å². The first-order valence-corrected chi connectivity index (χ1v) is 6.70. The summed E-state index contributed by atoms with van der Waals surface area (Å²) in [5, 5.41) is 0. The lowest BCUT2D eigenvalue weighted by atomic mass is 9.76. The second-order valence-corrected chi connectivity index (χ2v) is 5.52. The number of Topliss-reactive ketones (excluding diaryl/α,β-unsaturated/α-hetero) is 1. The van der Waals surface area contributed by atoms with Crippen molar-refractivity contribution in [1.82, 2.24) is 4.90 Å². The molecule has 16 heavy (non-hydrogen) atoms. The van der Waals surface area contributed by atoms with Crippen LogP contribution in [0.1, 0.15) is 32.1 Å². The van der Waals surface area contributed by atoms with E-state index in [1.807, 2.05) is 0 Å². The maximum Gasteiger partial charge on any atom is 0.141 e. The number of fused-ring (bicyclic) bond motifs is 2. The Morgan fingerprint density at radius 3 is 2.25 bits per heavy atom. The van der Waals surface area contributed by atoms with Crippen LogP contribution in [0.2, 0.25) is 0 Å². The average molecular weight is 223 g/mol. The lowest BCUT2D eigenvalue weighted by molar-refractivity contribution is -0.136. The number of carbonyl (C=O) groups is 1. The van der Waals surface area contributed by atoms with E-state index in [4.69, 9.17) is 4.74 Å². The highest BCUT2D eigenvalue weighted by Gasteiger charge is 2.39. The van der Waals surface area contributed by atoms with Crippen molar-refractivity contribution >= 4 is 5.78 Å². The lowest BCUT2D eigenvalue weighted by Crippen LogP contribution is -2.53. The summed E-state index contributed by atoms with van der Waals surface area (Å²) in [7, 11) is 0. The summed E-state index contributed by atoms with van der Waals surface area (Å²) in [4.78, 5) is 14.6. The van der Waals surface area contributed by atoms with Crippen LogP contribution in [0.25, 0.3) is 0 Å². The van der Waals surface area contributed by atoms with E-state index >= 15 is 0 Å². The molecule has 2 aliphatic heterocycles. The van der Waals surface area contributed by atoms with Gasteiger partial charge >= 0.3 is 0 Å². The monoisotopic (exact) mass is 223 g/mol. The molecule has 0 aromatic carbocycles. The van der Waals surface area contributed by atoms with Gasteiger partial charge in [0.25, 0.3) is 0 Å². The minimum Gasteiger partial charge on any atom is -0.381 e. The van der Waals surface area contributed by atoms with Crippen molar-refractivity contribution in [3.05, 3.63) is 0 Å². The normalized spacial score (nSPS) is 37.6. The molecule has 0 spiro atoms. The third kappa shape index (κ3) is 1.91. The van der Waals surface area contributed by atoms with Crippen LogP contribution in [0.5, 0.6) is 0 Å². The summed E-state index contributed by atoms with van der Waals surface area (Å²) in [6, 6.07) is 0.685. The molecule has 90 valence electrons. The van der Waals surface area contributed by atoms with Crippen molar-refractivity contribution in [2.24, 2.45) is 11.8 Å². The summed E-state index contributed by atoms with van der Waals surface area (Å²) < 4.78 is 5.41. The Balaban J connectivity index is 1.67. The highest BCUT2D eigenvalue weighted by atomic mass is 16.5. The number of ketones is 1. The van der Waals surface area contributed by atoms with Gasteiger partial charge < -0.3 is 4.74 Å². The van der Waals surface area contributed by atoms with Gasteiger partial charge in [0.15, 0.2) is 0 Å². The molecule has 3 heteroatoms. The number of piperidine rings is 1. The molecule has 2 bridgehead atoms. The molecule has 0 aromatic rings. The van der Waals surface area contributed by atoms with Crippen molar-refractivity contribution in [2.75, 3.05) is 26.3 Å². The average Bonchev–Trinajstić information content (AvgIpc) is 2.30. The lowest BCUT2D eigenvalue weighted by Gasteiger charge is -2.44. The van der Waals surface area contributed by atoms with Gasteiger partial charge in [0, 0.05) is 44.2 Å². The van der Waals surface area contributed by atoms with Crippen LogP contribution in [0, 0.1) is 11.8 Å². The van der Waals surface area contributed by atoms with Crippen molar-refractivity contribution in [2.45, 2.75) is 38.1 Å². The van der Waals surface area contributed by atoms with Crippen molar-refractivity contribution in [1.29, 1.82) is 0 Å². The van der Waals surface area contributed by atoms with Gasteiger partial charge in [-0.05, 0) is 25.7 Å². The first kappa shape index (κ1) is 10.7. The molecule has 0 radical (unpaired) electrons. The first-order valence-electron chi connectivity index (χ1n) is 6.70. The number of nitrogens with zero attached hydrogens (tertiary/aromatic N) is 1. The molecule has 2 heterocycles. The number of likely N-dealkylation sites (tertiary alicyclic amines) is 1. The van der Waals surface area contributed by atoms with E-state index in [2.05, 4.69) is 4.90 Å². The Kier molecular flexibility index (Phi) is 2.99. The molecule has 3 fully saturated rings. The third-order valence-corrected chi connectivity index (χ3v) is 4.53. The molecule has 0 aromatic heterocycles. The topological polar surface area (TPSA) is 29.5 Å². The molecule has 0 amide bonds. The van der Waals surface area contributed by atoms with Gasteiger partial charge in [-0.2, -0.15) is 0 Å². The van der Waals surface area contributed by atoms with Crippen LogP contribution in [-0.4, -0.2) is 43.0 Å². The molecule has 2 unspecified atom stereocenters. The number of hydrogen-bond acceptors (Lipinski definition) is 3. The molecular formula is C13H21NO2. The fourth-order valence-corrected chi connectivity index (χ4v) is 3.58. The molecule has 3 nitrogen and oxygen atoms in total. The fraction of sp³-hybridized carbons (Fsp3) is 0.923. The molecule has 2 saturated heterocycles. The highest BCUT2D eigenvalue weighted by molar-refractivity contribution is 5.85. The summed E-state index contributed by atoms with van der Waals surface area (Å²) >= 11 is 0. The van der Waals surface area contributed by atoms with E-state index in [1.54, 1.807) is 0 Å². The number of carbonyl (C=O) groups excluding carboxylic acids is 1. The Bertz CT molecular complexity index is 257. The predicted molar refractivity (Wildman–Crippen MR) is 61.3 cm³/mol. The molecule has 3 aliphatic rings. The van der Waals surface area contributed by atoms with Crippen molar-refractivity contribution in [3.63, 3.8) is 0 Å². The third-order valence-electron chi connectivity index (χ3n) is 4.53. The molecule has 3 rings (SSSR count). The zero-order valence-corrected chi connectivity index (χ0v) is 9.86. The number of ether oxygens (including phenoxy) is 1. The molecular weight excluding hydrogens is 202 g/mol. The van der Waals surface area contributed by atoms with Gasteiger partial charge in [-0.1, -0.05) is 6.42 Å². The van der Waals surface area contributed by atoms with Crippen LogP contribution in [0.4, 0.5) is 0 Å². The summed E-state index contributed by atoms with van der Waals surface area (Å²) in [5.41, 5.74) is 0. The zero-order valence-electron chi connectivity index (χ0n) is 9.86. The zero-order chi connectivity index (χ0) is 11.0. The molecule has 0 N–H and O–H groups in total. The molecule has 2 atom stereocenters. The smallest absolute Gasteiger partial charge is 0.141 e. The minimum absolute atomic E-state index is 0.357. The second kappa shape index (κ2) is 4.46. The van der Waals surface area contributed by atoms with Gasteiger partial charge in [-0.3, -0.25) is 9.69 Å². The van der Waals surface area contributed by atoms with Gasteiger partial charge in [-0.15, -0.1) is 0 Å². The predicted octanol–water partition coefficient (Wildman–Crippen LogP) is 1.47. The summed E-state index contributed by atoms with van der Waals surface area (Å²) in [6.45, 7) is 3.87. The maximum absolute atomic E-state index is 12.0. The molecule has 1 aliphatic carbocycles. The first-order chi connectivity index (χ1) is 7.84. The van der Waals surface area contributed by atoms with Crippen LogP contribution in [-0.2, 0) is 9.53 Å².